The molecule has 0 aliphatic carbocycles. The van der Waals surface area contributed by atoms with Crippen LogP contribution in [0.5, 0.6) is 5.75 Å². The Bertz CT molecular complexity index is 1040. The Labute approximate surface area is 163 Å². The van der Waals surface area contributed by atoms with Crippen molar-refractivity contribution in [2.45, 2.75) is 12.5 Å². The van der Waals surface area contributed by atoms with Crippen LogP contribution in [0, 0.1) is 0 Å². The number of carboxylic acid groups (broad SMARTS) is 1. The van der Waals surface area contributed by atoms with Gasteiger partial charge in [0.15, 0.2) is 0 Å². The number of rotatable bonds is 6. The molecule has 2 aromatic carbocycles. The highest BCUT2D eigenvalue weighted by atomic mass is 35.5. The van der Waals surface area contributed by atoms with E-state index < -0.39 is 17.9 Å². The molecule has 1 atom stereocenters. The van der Waals surface area contributed by atoms with Gasteiger partial charge in [-0.3, -0.25) is 4.79 Å². The van der Waals surface area contributed by atoms with Crippen LogP contribution in [0.3, 0.4) is 0 Å². The summed E-state index contributed by atoms with van der Waals surface area (Å²) in [4.78, 5) is 27.6. The fourth-order valence-corrected chi connectivity index (χ4v) is 2.68. The maximum atomic E-state index is 12.3. The Kier molecular flexibility index (Phi) is 5.57. The molecule has 0 radical (unpaired) electrons. The number of benzene rings is 2. The fraction of sp³-hybridized carbons (Fsp3) is 0.111. The largest absolute Gasteiger partial charge is 0.508 e. The molecule has 1 unspecified atom stereocenters. The van der Waals surface area contributed by atoms with Crippen LogP contribution in [0.4, 0.5) is 5.69 Å². The van der Waals surface area contributed by atoms with E-state index >= 15 is 0 Å². The average molecular weight is 403 g/mol. The maximum Gasteiger partial charge on any atom is 0.337 e. The normalized spacial score (nSPS) is 11.8. The van der Waals surface area contributed by atoms with Gasteiger partial charge in [-0.05, 0) is 30.3 Å². The number of hydrogen-bond acceptors (Lipinski definition) is 7. The van der Waals surface area contributed by atoms with E-state index in [0.717, 1.165) is 0 Å². The zero-order valence-electron chi connectivity index (χ0n) is 14.3. The van der Waals surface area contributed by atoms with E-state index in [0.29, 0.717) is 5.56 Å². The van der Waals surface area contributed by atoms with Gasteiger partial charge < -0.3 is 25.8 Å². The molecule has 1 heterocycles. The Morgan fingerprint density at radius 2 is 2.00 bits per heavy atom. The highest BCUT2D eigenvalue weighted by molar-refractivity contribution is 6.33. The molecule has 0 saturated heterocycles. The Morgan fingerprint density at radius 1 is 1.25 bits per heavy atom. The van der Waals surface area contributed by atoms with Gasteiger partial charge >= 0.3 is 5.97 Å². The van der Waals surface area contributed by atoms with Gasteiger partial charge in [-0.15, -0.1) is 0 Å². The molecule has 0 spiro atoms. The molecular formula is C18H15ClN4O5. The van der Waals surface area contributed by atoms with Crippen molar-refractivity contribution in [1.82, 2.24) is 10.1 Å². The van der Waals surface area contributed by atoms with Crippen molar-refractivity contribution in [2.75, 3.05) is 5.32 Å². The van der Waals surface area contributed by atoms with Crippen LogP contribution in [-0.4, -0.2) is 38.3 Å². The van der Waals surface area contributed by atoms with E-state index in [4.69, 9.17) is 27.0 Å². The monoisotopic (exact) mass is 402 g/mol. The summed E-state index contributed by atoms with van der Waals surface area (Å²) in [6.45, 7) is 0. The lowest BCUT2D eigenvalue weighted by molar-refractivity contribution is -0.117. The second-order valence-electron chi connectivity index (χ2n) is 5.83. The second kappa shape index (κ2) is 8.07. The third kappa shape index (κ3) is 4.27. The van der Waals surface area contributed by atoms with E-state index in [2.05, 4.69) is 15.5 Å². The summed E-state index contributed by atoms with van der Waals surface area (Å²) < 4.78 is 5.10. The number of carbonyl (C=O) groups is 2. The standard InChI is InChI=1S/C18H15ClN4O5/c19-12-7-9(24)5-6-10(12)16-22-15(28-23-16)8-13(20)17(25)21-14-4-2-1-3-11(14)18(26)27/h1-7,13,24H,8,20H2,(H,21,25)(H,26,27). The second-order valence-corrected chi connectivity index (χ2v) is 6.23. The number of halogens is 1. The lowest BCUT2D eigenvalue weighted by Gasteiger charge is -2.12. The summed E-state index contributed by atoms with van der Waals surface area (Å²) in [6.07, 6.45) is -0.0657. The van der Waals surface area contributed by atoms with Crippen LogP contribution in [0.25, 0.3) is 11.4 Å². The van der Waals surface area contributed by atoms with Crippen LogP contribution >= 0.6 is 11.6 Å². The third-order valence-electron chi connectivity index (χ3n) is 3.81. The topological polar surface area (TPSA) is 152 Å². The number of para-hydroxylation sites is 1. The number of carboxylic acids is 1. The minimum Gasteiger partial charge on any atom is -0.508 e. The first-order chi connectivity index (χ1) is 13.3. The first kappa shape index (κ1) is 19.3. The fourth-order valence-electron chi connectivity index (χ4n) is 2.42. The minimum absolute atomic E-state index is 0.00203. The van der Waals surface area contributed by atoms with Crippen LogP contribution < -0.4 is 11.1 Å². The molecule has 144 valence electrons. The van der Waals surface area contributed by atoms with Crippen molar-refractivity contribution in [1.29, 1.82) is 0 Å². The van der Waals surface area contributed by atoms with Gasteiger partial charge in [0.05, 0.1) is 28.7 Å². The minimum atomic E-state index is -1.17. The highest BCUT2D eigenvalue weighted by Crippen LogP contribution is 2.29. The summed E-state index contributed by atoms with van der Waals surface area (Å²) in [6, 6.07) is 9.22. The number of anilines is 1. The predicted octanol–water partition coefficient (Wildman–Crippen LogP) is 2.30. The van der Waals surface area contributed by atoms with Gasteiger partial charge in [-0.1, -0.05) is 28.9 Å². The molecule has 5 N–H and O–H groups in total. The summed E-state index contributed by atoms with van der Waals surface area (Å²) in [7, 11) is 0. The van der Waals surface area contributed by atoms with Crippen molar-refractivity contribution >= 4 is 29.2 Å². The molecule has 1 amide bonds. The number of aromatic nitrogens is 2. The van der Waals surface area contributed by atoms with Crippen molar-refractivity contribution in [2.24, 2.45) is 5.73 Å². The smallest absolute Gasteiger partial charge is 0.337 e. The highest BCUT2D eigenvalue weighted by Gasteiger charge is 2.21. The van der Waals surface area contributed by atoms with E-state index in [1.807, 2.05) is 0 Å². The van der Waals surface area contributed by atoms with E-state index in [-0.39, 0.29) is 40.2 Å². The number of carbonyl (C=O) groups excluding carboxylic acids is 1. The van der Waals surface area contributed by atoms with Crippen molar-refractivity contribution in [3.8, 4) is 17.1 Å². The van der Waals surface area contributed by atoms with E-state index in [1.54, 1.807) is 12.1 Å². The number of nitrogens with two attached hydrogens (primary N) is 1. The molecule has 9 nitrogen and oxygen atoms in total. The number of amides is 1. The molecule has 0 aliphatic heterocycles. The van der Waals surface area contributed by atoms with Crippen LogP contribution in [0.15, 0.2) is 47.0 Å². The van der Waals surface area contributed by atoms with Crippen LogP contribution in [-0.2, 0) is 11.2 Å². The first-order valence-electron chi connectivity index (χ1n) is 8.05. The number of aromatic hydroxyl groups is 1. The van der Waals surface area contributed by atoms with Gasteiger partial charge in [-0.2, -0.15) is 4.98 Å². The summed E-state index contributed by atoms with van der Waals surface area (Å²) >= 11 is 6.04. The summed E-state index contributed by atoms with van der Waals surface area (Å²) in [5.41, 5.74) is 6.41. The van der Waals surface area contributed by atoms with Gasteiger partial charge in [0.25, 0.3) is 0 Å². The number of nitrogens with zero attached hydrogens (tertiary/aromatic N) is 2. The molecule has 3 aromatic rings. The molecule has 10 heteroatoms. The molecule has 3 rings (SSSR count). The molecule has 0 fully saturated rings. The zero-order chi connectivity index (χ0) is 20.3. The molecule has 0 saturated carbocycles. The van der Waals surface area contributed by atoms with Crippen molar-refractivity contribution in [3.05, 3.63) is 58.9 Å². The Hall–Kier alpha value is -3.43. The first-order valence-corrected chi connectivity index (χ1v) is 8.43. The third-order valence-corrected chi connectivity index (χ3v) is 4.12. The maximum absolute atomic E-state index is 12.3. The average Bonchev–Trinajstić information content (AvgIpc) is 3.10. The molecule has 28 heavy (non-hydrogen) atoms. The van der Waals surface area contributed by atoms with E-state index in [9.17, 15) is 14.7 Å². The predicted molar refractivity (Wildman–Crippen MR) is 100 cm³/mol. The Morgan fingerprint density at radius 3 is 2.71 bits per heavy atom. The number of nitrogens with one attached hydrogen (secondary N) is 1. The van der Waals surface area contributed by atoms with Crippen LogP contribution in [0.2, 0.25) is 5.02 Å². The molecular weight excluding hydrogens is 388 g/mol. The van der Waals surface area contributed by atoms with Gasteiger partial charge in [-0.25, -0.2) is 4.79 Å². The Balaban J connectivity index is 1.70. The number of phenolic OH excluding ortho intramolecular Hbond substituents is 1. The quantitative estimate of drug-likeness (QED) is 0.490. The molecule has 0 bridgehead atoms. The number of hydrogen-bond donors (Lipinski definition) is 4. The summed E-state index contributed by atoms with van der Waals surface area (Å²) in [5.74, 6) is -1.48. The van der Waals surface area contributed by atoms with Crippen LogP contribution in [0.1, 0.15) is 16.2 Å². The molecule has 0 aliphatic rings. The number of aromatic carboxylic acids is 1. The molecule has 1 aromatic heterocycles. The van der Waals surface area contributed by atoms with Crippen molar-refractivity contribution < 1.29 is 24.3 Å². The van der Waals surface area contributed by atoms with E-state index in [1.165, 1.54) is 30.3 Å². The lowest BCUT2D eigenvalue weighted by atomic mass is 10.1. The zero-order valence-corrected chi connectivity index (χ0v) is 15.1. The van der Waals surface area contributed by atoms with Gasteiger partial charge in [0, 0.05) is 5.56 Å². The lowest BCUT2D eigenvalue weighted by Crippen LogP contribution is -2.37. The number of phenols is 1. The summed E-state index contributed by atoms with van der Waals surface area (Å²) in [5, 5.41) is 25.1. The van der Waals surface area contributed by atoms with Crippen molar-refractivity contribution in [3.63, 3.8) is 0 Å². The SMILES string of the molecule is NC(Cc1nc(-c2ccc(O)cc2Cl)no1)C(=O)Nc1ccccc1C(=O)O. The van der Waals surface area contributed by atoms with Gasteiger partial charge in [0.2, 0.25) is 17.6 Å². The van der Waals surface area contributed by atoms with Gasteiger partial charge in [0.1, 0.15) is 5.75 Å².